The van der Waals surface area contributed by atoms with E-state index in [2.05, 4.69) is 21.2 Å². The molecule has 1 saturated carbocycles. The van der Waals surface area contributed by atoms with Gasteiger partial charge in [0.2, 0.25) is 5.91 Å². The highest BCUT2D eigenvalue weighted by Crippen LogP contribution is 2.41. The van der Waals surface area contributed by atoms with Crippen molar-refractivity contribution in [2.45, 2.75) is 23.8 Å². The van der Waals surface area contributed by atoms with E-state index in [1.807, 2.05) is 48.5 Å². The number of halogens is 1. The van der Waals surface area contributed by atoms with E-state index < -0.39 is 0 Å². The normalized spacial score (nSPS) is 14.9. The van der Waals surface area contributed by atoms with Crippen molar-refractivity contribution in [3.05, 3.63) is 58.6 Å². The molecule has 0 aromatic heterocycles. The molecule has 1 amide bonds. The van der Waals surface area contributed by atoms with Crippen LogP contribution in [0.1, 0.15) is 24.4 Å². The molecule has 0 radical (unpaired) electrons. The van der Waals surface area contributed by atoms with E-state index in [4.69, 9.17) is 4.74 Å². The molecule has 0 saturated heterocycles. The van der Waals surface area contributed by atoms with Gasteiger partial charge in [0.05, 0.1) is 18.9 Å². The number of ether oxygens (including phenoxy) is 1. The summed E-state index contributed by atoms with van der Waals surface area (Å²) in [7, 11) is 1.66. The number of carbonyl (C=O) groups excluding carboxylic acids is 1. The van der Waals surface area contributed by atoms with Gasteiger partial charge in [-0.25, -0.2) is 0 Å². The average Bonchev–Trinajstić information content (AvgIpc) is 3.44. The summed E-state index contributed by atoms with van der Waals surface area (Å²) in [4.78, 5) is 13.5. The second-order valence-electron chi connectivity index (χ2n) is 5.90. The van der Waals surface area contributed by atoms with Gasteiger partial charge in [-0.2, -0.15) is 0 Å². The molecular formula is C19H20BrNO2S. The lowest BCUT2D eigenvalue weighted by Crippen LogP contribution is -2.31. The molecule has 3 nitrogen and oxygen atoms in total. The molecule has 3 rings (SSSR count). The Balaban J connectivity index is 1.58. The summed E-state index contributed by atoms with van der Waals surface area (Å²) in [6.45, 7) is 0. The van der Waals surface area contributed by atoms with E-state index in [0.29, 0.717) is 11.7 Å². The summed E-state index contributed by atoms with van der Waals surface area (Å²) in [5.74, 6) is 1.90. The third-order valence-corrected chi connectivity index (χ3v) is 5.61. The number of thioether (sulfide) groups is 1. The fourth-order valence-electron chi connectivity index (χ4n) is 2.61. The molecule has 24 heavy (non-hydrogen) atoms. The Hall–Kier alpha value is -1.46. The third kappa shape index (κ3) is 4.77. The summed E-state index contributed by atoms with van der Waals surface area (Å²) in [5, 5.41) is 3.20. The monoisotopic (exact) mass is 405 g/mol. The molecule has 126 valence electrons. The zero-order valence-electron chi connectivity index (χ0n) is 13.5. The van der Waals surface area contributed by atoms with Crippen molar-refractivity contribution in [2.75, 3.05) is 12.9 Å². The summed E-state index contributed by atoms with van der Waals surface area (Å²) in [6, 6.07) is 16.1. The summed E-state index contributed by atoms with van der Waals surface area (Å²) in [5.41, 5.74) is 1.15. The zero-order valence-corrected chi connectivity index (χ0v) is 15.9. The molecule has 1 fully saturated rings. The van der Waals surface area contributed by atoms with Crippen LogP contribution in [-0.4, -0.2) is 18.8 Å². The number of nitrogens with one attached hydrogen (secondary N) is 1. The lowest BCUT2D eigenvalue weighted by atomic mass is 10.0. The van der Waals surface area contributed by atoms with Gasteiger partial charge in [-0.1, -0.05) is 28.1 Å². The Kier molecular flexibility index (Phi) is 5.85. The topological polar surface area (TPSA) is 38.3 Å². The second-order valence-corrected chi connectivity index (χ2v) is 7.86. The van der Waals surface area contributed by atoms with Gasteiger partial charge in [0.25, 0.3) is 0 Å². The number of hydrogen-bond acceptors (Lipinski definition) is 3. The molecule has 2 aromatic rings. The van der Waals surface area contributed by atoms with Crippen molar-refractivity contribution in [1.29, 1.82) is 0 Å². The molecule has 0 spiro atoms. The Labute approximate surface area is 155 Å². The highest BCUT2D eigenvalue weighted by molar-refractivity contribution is 9.10. The zero-order chi connectivity index (χ0) is 16.9. The number of hydrogen-bond donors (Lipinski definition) is 1. The van der Waals surface area contributed by atoms with Crippen LogP contribution in [0.3, 0.4) is 0 Å². The van der Waals surface area contributed by atoms with Crippen LogP contribution in [0.4, 0.5) is 0 Å². The Morgan fingerprint density at radius 2 is 1.88 bits per heavy atom. The summed E-state index contributed by atoms with van der Waals surface area (Å²) < 4.78 is 6.25. The van der Waals surface area contributed by atoms with Crippen LogP contribution in [0.5, 0.6) is 5.75 Å². The number of carbonyl (C=O) groups is 1. The molecule has 0 heterocycles. The smallest absolute Gasteiger partial charge is 0.230 e. The van der Waals surface area contributed by atoms with Crippen LogP contribution in [0.15, 0.2) is 57.9 Å². The van der Waals surface area contributed by atoms with Gasteiger partial charge in [-0.05, 0) is 60.7 Å². The van der Waals surface area contributed by atoms with E-state index >= 15 is 0 Å². The summed E-state index contributed by atoms with van der Waals surface area (Å²) >= 11 is 4.98. The average molecular weight is 406 g/mol. The molecule has 5 heteroatoms. The van der Waals surface area contributed by atoms with Gasteiger partial charge < -0.3 is 10.1 Å². The van der Waals surface area contributed by atoms with Gasteiger partial charge in [0.1, 0.15) is 5.75 Å². The van der Waals surface area contributed by atoms with Crippen LogP contribution in [0.2, 0.25) is 0 Å². The van der Waals surface area contributed by atoms with Crippen LogP contribution >= 0.6 is 27.7 Å². The molecule has 1 atom stereocenters. The van der Waals surface area contributed by atoms with Crippen molar-refractivity contribution in [3.8, 4) is 5.75 Å². The lowest BCUT2D eigenvalue weighted by molar-refractivity contribution is -0.119. The van der Waals surface area contributed by atoms with Gasteiger partial charge in [-0.15, -0.1) is 11.8 Å². The molecule has 0 aliphatic heterocycles. The maximum Gasteiger partial charge on any atom is 0.230 e. The quantitative estimate of drug-likeness (QED) is 0.671. The molecule has 1 aliphatic carbocycles. The van der Waals surface area contributed by atoms with E-state index in [1.54, 1.807) is 18.9 Å². The van der Waals surface area contributed by atoms with Gasteiger partial charge in [0.15, 0.2) is 0 Å². The molecule has 1 N–H and O–H groups in total. The number of benzene rings is 2. The third-order valence-electron chi connectivity index (χ3n) is 4.07. The molecule has 1 aliphatic rings. The van der Waals surface area contributed by atoms with Crippen molar-refractivity contribution in [1.82, 2.24) is 5.32 Å². The van der Waals surface area contributed by atoms with E-state index in [9.17, 15) is 4.79 Å². The Bertz CT molecular complexity index is 684. The predicted octanol–water partition coefficient (Wildman–Crippen LogP) is 4.82. The lowest BCUT2D eigenvalue weighted by Gasteiger charge is -2.19. The Morgan fingerprint density at radius 1 is 1.21 bits per heavy atom. The molecular weight excluding hydrogens is 386 g/mol. The first kappa shape index (κ1) is 17.4. The van der Waals surface area contributed by atoms with Crippen molar-refractivity contribution in [3.63, 3.8) is 0 Å². The Morgan fingerprint density at radius 3 is 2.46 bits per heavy atom. The standard InChI is InChI=1S/C19H20BrNO2S/c1-23-16-8-4-14(5-9-16)19(13-2-3-13)21-18(22)12-24-17-10-6-15(20)7-11-17/h4-11,13,19H,2-3,12H2,1H3,(H,21,22)/t19-/m1/s1. The molecule has 2 aromatic carbocycles. The first-order valence-corrected chi connectivity index (χ1v) is 9.75. The second kappa shape index (κ2) is 8.08. The van der Waals surface area contributed by atoms with Crippen molar-refractivity contribution < 1.29 is 9.53 Å². The van der Waals surface area contributed by atoms with Gasteiger partial charge >= 0.3 is 0 Å². The van der Waals surface area contributed by atoms with Crippen LogP contribution in [-0.2, 0) is 4.79 Å². The fourth-order valence-corrected chi connectivity index (χ4v) is 3.58. The number of methoxy groups -OCH3 is 1. The van der Waals surface area contributed by atoms with Crippen molar-refractivity contribution in [2.24, 2.45) is 5.92 Å². The maximum atomic E-state index is 12.4. The largest absolute Gasteiger partial charge is 0.497 e. The molecule has 0 bridgehead atoms. The van der Waals surface area contributed by atoms with Gasteiger partial charge in [0, 0.05) is 9.37 Å². The number of amides is 1. The highest BCUT2D eigenvalue weighted by atomic mass is 79.9. The number of rotatable bonds is 7. The first-order chi connectivity index (χ1) is 11.7. The molecule has 0 unspecified atom stereocenters. The first-order valence-electron chi connectivity index (χ1n) is 7.97. The minimum atomic E-state index is 0.0793. The van der Waals surface area contributed by atoms with E-state index in [1.165, 1.54) is 12.8 Å². The maximum absolute atomic E-state index is 12.4. The minimum Gasteiger partial charge on any atom is -0.497 e. The van der Waals surface area contributed by atoms with E-state index in [-0.39, 0.29) is 11.9 Å². The minimum absolute atomic E-state index is 0.0793. The van der Waals surface area contributed by atoms with Gasteiger partial charge in [-0.3, -0.25) is 4.79 Å². The highest BCUT2D eigenvalue weighted by Gasteiger charge is 2.33. The summed E-state index contributed by atoms with van der Waals surface area (Å²) in [6.07, 6.45) is 2.35. The van der Waals surface area contributed by atoms with Crippen LogP contribution < -0.4 is 10.1 Å². The van der Waals surface area contributed by atoms with Crippen LogP contribution in [0.25, 0.3) is 0 Å². The van der Waals surface area contributed by atoms with Crippen LogP contribution in [0, 0.1) is 5.92 Å². The van der Waals surface area contributed by atoms with Crippen molar-refractivity contribution >= 4 is 33.6 Å². The SMILES string of the molecule is COc1ccc([C@H](NC(=O)CSc2ccc(Br)cc2)C2CC2)cc1. The predicted molar refractivity (Wildman–Crippen MR) is 101 cm³/mol. The fraction of sp³-hybridized carbons (Fsp3) is 0.316. The van der Waals surface area contributed by atoms with E-state index in [0.717, 1.165) is 20.7 Å².